The molecule has 0 saturated carbocycles. The largest absolute Gasteiger partial charge is 0.251 e. The zero-order valence-electron chi connectivity index (χ0n) is 30.8. The van der Waals surface area contributed by atoms with E-state index in [0.29, 0.717) is 11.5 Å². The Morgan fingerprint density at radius 3 is 2.10 bits per heavy atom. The number of para-hydroxylation sites is 2. The molecule has 1 aliphatic heterocycles. The van der Waals surface area contributed by atoms with Crippen LogP contribution in [0, 0.1) is 6.85 Å². The second-order valence-corrected chi connectivity index (χ2v) is 14.2. The van der Waals surface area contributed by atoms with Gasteiger partial charge in [0.15, 0.2) is 0 Å². The molecule has 0 radical (unpaired) electrons. The summed E-state index contributed by atoms with van der Waals surface area (Å²) in [4.78, 5) is 10.9. The zero-order valence-corrected chi connectivity index (χ0v) is 28.6. The van der Waals surface area contributed by atoms with Crippen molar-refractivity contribution in [3.8, 4) is 22.4 Å². The van der Waals surface area contributed by atoms with Gasteiger partial charge in [-0.15, -0.1) is 11.3 Å². The number of fused-ring (bicyclic) bond motifs is 13. The lowest BCUT2D eigenvalue weighted by Crippen LogP contribution is -2.40. The van der Waals surface area contributed by atoms with E-state index >= 15 is 0 Å². The smallest absolute Gasteiger partial charge is 0.246 e. The Hall–Kier alpha value is -6.56. The summed E-state index contributed by atoms with van der Waals surface area (Å²) in [6, 6.07) is 56.0. The number of benzene rings is 8. The third-order valence-corrected chi connectivity index (χ3v) is 11.4. The van der Waals surface area contributed by atoms with Gasteiger partial charge in [-0.05, 0) is 64.8 Å². The molecule has 0 bridgehead atoms. The third-order valence-electron chi connectivity index (χ3n) is 10.2. The van der Waals surface area contributed by atoms with E-state index in [9.17, 15) is 0 Å². The molecule has 244 valence electrons. The molecule has 0 saturated heterocycles. The second-order valence-electron chi connectivity index (χ2n) is 13.2. The fourth-order valence-electron chi connectivity index (χ4n) is 8.04. The number of rotatable bonds is 3. The van der Waals surface area contributed by atoms with E-state index in [2.05, 4.69) is 119 Å². The molecule has 0 spiro atoms. The quantitative estimate of drug-likeness (QED) is 0.185. The lowest BCUT2D eigenvalue weighted by atomic mass is 9.87. The molecule has 0 amide bonds. The fraction of sp³-hybridized carbons (Fsp3) is 0.0213. The van der Waals surface area contributed by atoms with Crippen molar-refractivity contribution < 1.29 is 4.11 Å². The maximum Gasteiger partial charge on any atom is 0.251 e. The van der Waals surface area contributed by atoms with Gasteiger partial charge in [-0.25, -0.2) is 20.0 Å². The second kappa shape index (κ2) is 11.2. The van der Waals surface area contributed by atoms with Crippen LogP contribution in [0.1, 0.15) is 9.68 Å². The molecule has 10 aromatic rings. The molecule has 8 aromatic carbocycles. The van der Waals surface area contributed by atoms with Crippen LogP contribution in [0.5, 0.6) is 0 Å². The van der Waals surface area contributed by atoms with E-state index in [-0.39, 0.29) is 0 Å². The molecule has 11 rings (SSSR count). The van der Waals surface area contributed by atoms with Gasteiger partial charge >= 0.3 is 0 Å². The first-order valence-electron chi connectivity index (χ1n) is 18.8. The average Bonchev–Trinajstić information content (AvgIpc) is 3.62. The number of hydrogen-bond acceptors (Lipinski definition) is 5. The molecule has 1 aliphatic rings. The van der Waals surface area contributed by atoms with E-state index < -0.39 is 6.85 Å². The van der Waals surface area contributed by atoms with Crippen LogP contribution in [0.15, 0.2) is 164 Å². The maximum atomic E-state index is 8.31. The van der Waals surface area contributed by atoms with Crippen LogP contribution in [0.4, 0.5) is 23.0 Å². The Morgan fingerprint density at radius 2 is 1.27 bits per heavy atom. The highest BCUT2D eigenvalue weighted by Crippen LogP contribution is 2.59. The van der Waals surface area contributed by atoms with Gasteiger partial charge in [-0.1, -0.05) is 133 Å². The lowest BCUT2D eigenvalue weighted by molar-refractivity contribution is 0.933. The molecule has 0 atom stereocenters. The highest BCUT2D eigenvalue weighted by atomic mass is 32.1. The number of hydrazine groups is 1. The van der Waals surface area contributed by atoms with Crippen molar-refractivity contribution in [3.63, 3.8) is 0 Å². The van der Waals surface area contributed by atoms with Gasteiger partial charge < -0.3 is 0 Å². The van der Waals surface area contributed by atoms with Crippen LogP contribution in [0.2, 0.25) is 0 Å². The monoisotopic (exact) mass is 685 g/mol. The topological polar surface area (TPSA) is 32.3 Å². The molecular weight excluding hydrogens is 653 g/mol. The molecule has 0 fully saturated rings. The van der Waals surface area contributed by atoms with Crippen LogP contribution in [-0.2, 0) is 0 Å². The van der Waals surface area contributed by atoms with Gasteiger partial charge in [-0.3, -0.25) is 0 Å². The Balaban J connectivity index is 1.37. The minimum Gasteiger partial charge on any atom is -0.246 e. The highest BCUT2D eigenvalue weighted by Gasteiger charge is 2.38. The third kappa shape index (κ3) is 4.20. The van der Waals surface area contributed by atoms with E-state index in [4.69, 9.17) is 14.1 Å². The number of nitrogens with zero attached hydrogens (tertiary/aromatic N) is 4. The Bertz CT molecular complexity index is 3160. The molecule has 0 unspecified atom stereocenters. The minimum absolute atomic E-state index is 0.325. The molecule has 3 heterocycles. The summed E-state index contributed by atoms with van der Waals surface area (Å²) in [7, 11) is 0. The fourth-order valence-corrected chi connectivity index (χ4v) is 9.28. The number of aryl methyl sites for hydroxylation is 1. The predicted molar refractivity (Wildman–Crippen MR) is 220 cm³/mol. The Kier molecular flexibility index (Phi) is 5.67. The summed E-state index contributed by atoms with van der Waals surface area (Å²) in [6.45, 7) is -2.24. The zero-order chi connectivity index (χ0) is 36.8. The summed E-state index contributed by atoms with van der Waals surface area (Å²) in [5, 5.41) is 11.8. The number of anilines is 4. The molecule has 0 N–H and O–H groups in total. The van der Waals surface area contributed by atoms with Gasteiger partial charge in [-0.2, -0.15) is 0 Å². The van der Waals surface area contributed by atoms with Crippen molar-refractivity contribution in [1.29, 1.82) is 0 Å². The Morgan fingerprint density at radius 1 is 0.558 bits per heavy atom. The first kappa shape index (κ1) is 26.3. The van der Waals surface area contributed by atoms with Crippen LogP contribution < -0.4 is 10.0 Å². The van der Waals surface area contributed by atoms with Gasteiger partial charge in [0.1, 0.15) is 0 Å². The van der Waals surface area contributed by atoms with Crippen LogP contribution >= 0.6 is 11.3 Å². The molecule has 0 aliphatic carbocycles. The average molecular weight is 686 g/mol. The molecule has 2 aromatic heterocycles. The SMILES string of the molecule is [2H]C([2H])([2H])c1ccc2sc3c4c(c5ccccc5c3c2c1)-c1c(ccc2ccccc12)N(c1ccccc1)N4c1nc(-c2ccccc2)c2ccccc2n1. The van der Waals surface area contributed by atoms with E-state index in [1.165, 1.54) is 0 Å². The molecule has 52 heavy (non-hydrogen) atoms. The van der Waals surface area contributed by atoms with E-state index in [1.54, 1.807) is 17.4 Å². The summed E-state index contributed by atoms with van der Waals surface area (Å²) in [6.07, 6.45) is 0. The van der Waals surface area contributed by atoms with Crippen molar-refractivity contribution in [2.24, 2.45) is 0 Å². The summed E-state index contributed by atoms with van der Waals surface area (Å²) in [5.74, 6) is 0.527. The Labute approximate surface area is 308 Å². The van der Waals surface area contributed by atoms with Gasteiger partial charge in [0.2, 0.25) is 0 Å². The predicted octanol–water partition coefficient (Wildman–Crippen LogP) is 13.2. The number of aromatic nitrogens is 2. The molecule has 4 nitrogen and oxygen atoms in total. The van der Waals surface area contributed by atoms with Crippen molar-refractivity contribution in [3.05, 3.63) is 169 Å². The van der Waals surface area contributed by atoms with E-state index in [1.807, 2.05) is 48.5 Å². The van der Waals surface area contributed by atoms with Gasteiger partial charge in [0.05, 0.1) is 33.0 Å². The maximum absolute atomic E-state index is 8.31. The highest BCUT2D eigenvalue weighted by molar-refractivity contribution is 7.26. The van der Waals surface area contributed by atoms with Crippen molar-refractivity contribution in [2.75, 3.05) is 10.0 Å². The number of hydrogen-bond donors (Lipinski definition) is 0. The van der Waals surface area contributed by atoms with Crippen molar-refractivity contribution >= 4 is 87.0 Å². The first-order chi connectivity index (χ1) is 26.9. The summed E-state index contributed by atoms with van der Waals surface area (Å²) < 4.78 is 27.0. The van der Waals surface area contributed by atoms with Gasteiger partial charge in [0, 0.05) is 41.7 Å². The van der Waals surface area contributed by atoms with Crippen LogP contribution in [0.3, 0.4) is 0 Å². The van der Waals surface area contributed by atoms with Crippen LogP contribution in [0.25, 0.3) is 75.0 Å². The lowest BCUT2D eigenvalue weighted by Gasteiger charge is -2.43. The molecule has 5 heteroatoms. The van der Waals surface area contributed by atoms with Gasteiger partial charge in [0.25, 0.3) is 5.95 Å². The first-order valence-corrected chi connectivity index (χ1v) is 18.2. The minimum atomic E-state index is -2.24. The standard InChI is InChI=1S/C47H30N4S/c1-29-24-27-40-37(28-29)41-34-20-10-11-21-35(34)43-42-33-19-9-8-14-30(33)25-26-39(42)50(32-17-6-3-7-18-32)51(45(43)46(41)52-40)47-48-38-23-13-12-22-36(38)44(49-47)31-15-4-2-5-16-31/h2-28H,1H3/i1D3. The van der Waals surface area contributed by atoms with Crippen molar-refractivity contribution in [2.45, 2.75) is 6.85 Å². The van der Waals surface area contributed by atoms with E-state index in [0.717, 1.165) is 92.1 Å². The summed E-state index contributed by atoms with van der Waals surface area (Å²) in [5.41, 5.74) is 8.12. The molecular formula is C47H30N4S. The summed E-state index contributed by atoms with van der Waals surface area (Å²) >= 11 is 1.68. The van der Waals surface area contributed by atoms with Crippen molar-refractivity contribution in [1.82, 2.24) is 9.97 Å². The number of thiophene rings is 1. The normalized spacial score (nSPS) is 13.7. The van der Waals surface area contributed by atoms with Crippen LogP contribution in [-0.4, -0.2) is 9.97 Å².